The Morgan fingerprint density at radius 3 is 2.69 bits per heavy atom. The number of hydrogen-bond donors (Lipinski definition) is 1. The third-order valence-electron chi connectivity index (χ3n) is 4.01. The van der Waals surface area contributed by atoms with Gasteiger partial charge in [-0.3, -0.25) is 9.48 Å². The summed E-state index contributed by atoms with van der Waals surface area (Å²) in [6.07, 6.45) is 6.02. The minimum Gasteiger partial charge on any atom is -0.366 e. The number of rotatable bonds is 5. The highest BCUT2D eigenvalue weighted by Crippen LogP contribution is 2.16. The van der Waals surface area contributed by atoms with E-state index in [-0.39, 0.29) is 0 Å². The lowest BCUT2D eigenvalue weighted by Gasteiger charge is -2.03. The first-order chi connectivity index (χ1) is 12.6. The van der Waals surface area contributed by atoms with Crippen molar-refractivity contribution in [2.45, 2.75) is 19.9 Å². The number of carbonyl (C=O) groups excluding carboxylic acids is 1. The monoisotopic (exact) mass is 348 g/mol. The molecule has 4 rings (SSSR count). The van der Waals surface area contributed by atoms with Gasteiger partial charge < -0.3 is 5.73 Å². The van der Waals surface area contributed by atoms with Crippen LogP contribution in [0.2, 0.25) is 0 Å². The van der Waals surface area contributed by atoms with Gasteiger partial charge in [-0.25, -0.2) is 9.97 Å². The van der Waals surface area contributed by atoms with Gasteiger partial charge in [-0.2, -0.15) is 9.78 Å². The van der Waals surface area contributed by atoms with Crippen molar-refractivity contribution in [3.63, 3.8) is 0 Å². The Balaban J connectivity index is 1.69. The second-order valence-corrected chi connectivity index (χ2v) is 5.79. The van der Waals surface area contributed by atoms with Crippen LogP contribution in [-0.2, 0) is 13.0 Å². The molecule has 0 aliphatic rings. The van der Waals surface area contributed by atoms with E-state index in [4.69, 9.17) is 5.73 Å². The van der Waals surface area contributed by atoms with Crippen LogP contribution in [-0.4, -0.2) is 40.6 Å². The van der Waals surface area contributed by atoms with E-state index in [0.29, 0.717) is 29.0 Å². The fourth-order valence-electron chi connectivity index (χ4n) is 2.64. The van der Waals surface area contributed by atoms with E-state index in [1.165, 1.54) is 0 Å². The average molecular weight is 348 g/mol. The first-order valence-electron chi connectivity index (χ1n) is 8.13. The van der Waals surface area contributed by atoms with Crippen molar-refractivity contribution in [1.82, 2.24) is 34.7 Å². The fourth-order valence-corrected chi connectivity index (χ4v) is 2.64. The lowest BCUT2D eigenvalue weighted by Crippen LogP contribution is -2.10. The normalized spacial score (nSPS) is 11.1. The molecule has 130 valence electrons. The summed E-state index contributed by atoms with van der Waals surface area (Å²) in [4.78, 5) is 20.2. The van der Waals surface area contributed by atoms with Crippen LogP contribution in [0.1, 0.15) is 28.7 Å². The Hall–Kier alpha value is -3.62. The second-order valence-electron chi connectivity index (χ2n) is 5.79. The summed E-state index contributed by atoms with van der Waals surface area (Å²) >= 11 is 0. The van der Waals surface area contributed by atoms with E-state index < -0.39 is 5.91 Å². The van der Waals surface area contributed by atoms with Crippen molar-refractivity contribution in [2.75, 3.05) is 0 Å². The molecular formula is C17H16N8O. The molecule has 0 aliphatic heterocycles. The van der Waals surface area contributed by atoms with Gasteiger partial charge in [0.25, 0.3) is 0 Å². The summed E-state index contributed by atoms with van der Waals surface area (Å²) in [5.41, 5.74) is 8.68. The van der Waals surface area contributed by atoms with E-state index >= 15 is 0 Å². The van der Waals surface area contributed by atoms with Crippen molar-refractivity contribution < 1.29 is 4.79 Å². The number of nitrogens with zero attached hydrogens (tertiary/aromatic N) is 7. The summed E-state index contributed by atoms with van der Waals surface area (Å²) in [5.74, 6) is 0.183. The molecule has 0 fully saturated rings. The number of amides is 1. The molecule has 0 aliphatic carbocycles. The molecule has 2 N–H and O–H groups in total. The quantitative estimate of drug-likeness (QED) is 0.577. The van der Waals surface area contributed by atoms with Gasteiger partial charge in [-0.05, 0) is 36.8 Å². The van der Waals surface area contributed by atoms with Gasteiger partial charge in [-0.15, -0.1) is 5.10 Å². The SMILES string of the molecule is CCn1cc(Cc2ncc3nnn(-c4ccc(C(N)=O)cc4)c3n2)cn1. The van der Waals surface area contributed by atoms with Crippen LogP contribution >= 0.6 is 0 Å². The predicted molar refractivity (Wildman–Crippen MR) is 93.7 cm³/mol. The summed E-state index contributed by atoms with van der Waals surface area (Å²) in [5, 5.41) is 12.5. The molecule has 4 aromatic rings. The average Bonchev–Trinajstić information content (AvgIpc) is 3.28. The molecule has 26 heavy (non-hydrogen) atoms. The van der Waals surface area contributed by atoms with Crippen molar-refractivity contribution in [3.8, 4) is 5.69 Å². The Kier molecular flexibility index (Phi) is 3.88. The number of nitrogens with two attached hydrogens (primary N) is 1. The maximum atomic E-state index is 11.2. The third-order valence-corrected chi connectivity index (χ3v) is 4.01. The predicted octanol–water partition coefficient (Wildman–Crippen LogP) is 1.12. The fraction of sp³-hybridized carbons (Fsp3) is 0.176. The first kappa shape index (κ1) is 15.9. The molecule has 0 bridgehead atoms. The highest BCUT2D eigenvalue weighted by Gasteiger charge is 2.11. The zero-order chi connectivity index (χ0) is 18.1. The molecule has 1 amide bonds. The molecule has 0 atom stereocenters. The number of aromatic nitrogens is 7. The van der Waals surface area contributed by atoms with Crippen molar-refractivity contribution in [3.05, 3.63) is 59.8 Å². The molecule has 0 unspecified atom stereocenters. The Morgan fingerprint density at radius 2 is 2.00 bits per heavy atom. The highest BCUT2D eigenvalue weighted by molar-refractivity contribution is 5.92. The summed E-state index contributed by atoms with van der Waals surface area (Å²) in [6.45, 7) is 2.85. The van der Waals surface area contributed by atoms with Gasteiger partial charge in [0.15, 0.2) is 11.2 Å². The highest BCUT2D eigenvalue weighted by atomic mass is 16.1. The third kappa shape index (κ3) is 2.90. The lowest BCUT2D eigenvalue weighted by atomic mass is 10.2. The van der Waals surface area contributed by atoms with E-state index in [9.17, 15) is 4.79 Å². The maximum absolute atomic E-state index is 11.2. The minimum atomic E-state index is -0.475. The van der Waals surface area contributed by atoms with Gasteiger partial charge in [0.2, 0.25) is 5.91 Å². The van der Waals surface area contributed by atoms with E-state index in [2.05, 4.69) is 25.4 Å². The molecular weight excluding hydrogens is 332 g/mol. The van der Waals surface area contributed by atoms with Crippen LogP contribution in [0.3, 0.4) is 0 Å². The number of benzene rings is 1. The molecule has 3 heterocycles. The zero-order valence-electron chi connectivity index (χ0n) is 14.1. The van der Waals surface area contributed by atoms with Crippen LogP contribution in [0.5, 0.6) is 0 Å². The van der Waals surface area contributed by atoms with Gasteiger partial charge in [-0.1, -0.05) is 5.21 Å². The summed E-state index contributed by atoms with van der Waals surface area (Å²) in [6, 6.07) is 6.79. The number of primary amides is 1. The maximum Gasteiger partial charge on any atom is 0.248 e. The lowest BCUT2D eigenvalue weighted by molar-refractivity contribution is 0.100. The molecule has 1 aromatic carbocycles. The molecule has 0 radical (unpaired) electrons. The number of aryl methyl sites for hydroxylation is 1. The van der Waals surface area contributed by atoms with E-state index in [1.807, 2.05) is 24.0 Å². The van der Waals surface area contributed by atoms with Gasteiger partial charge >= 0.3 is 0 Å². The van der Waals surface area contributed by atoms with Crippen LogP contribution in [0.4, 0.5) is 0 Å². The molecule has 0 saturated carbocycles. The first-order valence-corrected chi connectivity index (χ1v) is 8.13. The van der Waals surface area contributed by atoms with Crippen molar-refractivity contribution in [1.29, 1.82) is 0 Å². The van der Waals surface area contributed by atoms with Crippen LogP contribution < -0.4 is 5.73 Å². The molecule has 9 heteroatoms. The topological polar surface area (TPSA) is 117 Å². The molecule has 9 nitrogen and oxygen atoms in total. The zero-order valence-corrected chi connectivity index (χ0v) is 14.1. The van der Waals surface area contributed by atoms with Crippen LogP contribution in [0.15, 0.2) is 42.9 Å². The number of hydrogen-bond acceptors (Lipinski definition) is 6. The van der Waals surface area contributed by atoms with Crippen LogP contribution in [0, 0.1) is 0 Å². The van der Waals surface area contributed by atoms with Gasteiger partial charge in [0.1, 0.15) is 5.82 Å². The standard InChI is InChI=1S/C17H16N8O/c1-2-24-10-11(8-20-24)7-15-19-9-14-17(21-15)25(23-22-14)13-5-3-12(4-6-13)16(18)26/h3-6,8-10H,2,7H2,1H3,(H2,18,26). The molecule has 3 aromatic heterocycles. The summed E-state index contributed by atoms with van der Waals surface area (Å²) in [7, 11) is 0. The molecule has 0 saturated heterocycles. The smallest absolute Gasteiger partial charge is 0.248 e. The number of carbonyl (C=O) groups is 1. The van der Waals surface area contributed by atoms with E-state index in [1.54, 1.807) is 35.1 Å². The minimum absolute atomic E-state index is 0.432. The van der Waals surface area contributed by atoms with Crippen LogP contribution in [0.25, 0.3) is 16.9 Å². The summed E-state index contributed by atoms with van der Waals surface area (Å²) < 4.78 is 3.47. The molecule has 0 spiro atoms. The van der Waals surface area contributed by atoms with Crippen molar-refractivity contribution in [2.24, 2.45) is 5.73 Å². The van der Waals surface area contributed by atoms with E-state index in [0.717, 1.165) is 17.8 Å². The van der Waals surface area contributed by atoms with Gasteiger partial charge in [0.05, 0.1) is 18.1 Å². The Morgan fingerprint density at radius 1 is 1.19 bits per heavy atom. The van der Waals surface area contributed by atoms with Gasteiger partial charge in [0, 0.05) is 24.7 Å². The Bertz CT molecular complexity index is 1080. The second kappa shape index (κ2) is 6.36. The number of fused-ring (bicyclic) bond motifs is 1. The van der Waals surface area contributed by atoms with Crippen molar-refractivity contribution >= 4 is 17.1 Å². The largest absolute Gasteiger partial charge is 0.366 e. The Labute approximate surface area is 148 Å².